The standard InChI is InChI=1S/C21H20N2O3/c1-26-17-8-9-18-16(13-17)10-12-22(21(18)25)14-20(24)23-11-4-6-15-5-2-3-7-19(15)23/h2-3,5,7-10,12-13H,4,6,11,14H2,1H3. The minimum absolute atomic E-state index is 0.0368. The Morgan fingerprint density at radius 1 is 1.15 bits per heavy atom. The van der Waals surface area contributed by atoms with Gasteiger partial charge in [-0.15, -0.1) is 0 Å². The third-order valence-corrected chi connectivity index (χ3v) is 4.90. The van der Waals surface area contributed by atoms with Gasteiger partial charge in [0.05, 0.1) is 7.11 Å². The number of aryl methyl sites for hydroxylation is 1. The van der Waals surface area contributed by atoms with Crippen LogP contribution in [0.5, 0.6) is 5.75 Å². The predicted octanol–water partition coefficient (Wildman–Crippen LogP) is 2.99. The summed E-state index contributed by atoms with van der Waals surface area (Å²) < 4.78 is 6.68. The van der Waals surface area contributed by atoms with Crippen molar-refractivity contribution in [2.45, 2.75) is 19.4 Å². The van der Waals surface area contributed by atoms with Gasteiger partial charge < -0.3 is 14.2 Å². The molecule has 0 fully saturated rings. The fraction of sp³-hybridized carbons (Fsp3) is 0.238. The summed E-state index contributed by atoms with van der Waals surface area (Å²) in [7, 11) is 1.59. The molecule has 1 aliphatic rings. The molecule has 2 heterocycles. The number of pyridine rings is 1. The summed E-state index contributed by atoms with van der Waals surface area (Å²) in [6, 6.07) is 15.1. The van der Waals surface area contributed by atoms with Crippen molar-refractivity contribution in [2.75, 3.05) is 18.6 Å². The van der Waals surface area contributed by atoms with E-state index in [0.29, 0.717) is 17.7 Å². The lowest BCUT2D eigenvalue weighted by Crippen LogP contribution is -2.39. The molecule has 4 rings (SSSR count). The molecule has 0 N–H and O–H groups in total. The van der Waals surface area contributed by atoms with Gasteiger partial charge in [0, 0.05) is 23.8 Å². The van der Waals surface area contributed by atoms with E-state index < -0.39 is 0 Å². The van der Waals surface area contributed by atoms with Crippen LogP contribution in [0, 0.1) is 0 Å². The molecule has 1 aromatic heterocycles. The molecular weight excluding hydrogens is 328 g/mol. The molecule has 26 heavy (non-hydrogen) atoms. The Balaban J connectivity index is 1.65. The number of nitrogens with zero attached hydrogens (tertiary/aromatic N) is 2. The lowest BCUT2D eigenvalue weighted by Gasteiger charge is -2.29. The van der Waals surface area contributed by atoms with Crippen molar-refractivity contribution in [3.8, 4) is 5.75 Å². The zero-order valence-electron chi connectivity index (χ0n) is 14.6. The van der Waals surface area contributed by atoms with Gasteiger partial charge in [0.25, 0.3) is 5.56 Å². The molecule has 1 aliphatic heterocycles. The summed E-state index contributed by atoms with van der Waals surface area (Å²) in [4.78, 5) is 27.4. The molecule has 0 saturated heterocycles. The van der Waals surface area contributed by atoms with Gasteiger partial charge in [-0.3, -0.25) is 9.59 Å². The zero-order chi connectivity index (χ0) is 18.1. The van der Waals surface area contributed by atoms with E-state index in [9.17, 15) is 9.59 Å². The molecule has 3 aromatic rings. The summed E-state index contributed by atoms with van der Waals surface area (Å²) in [5.74, 6) is 0.641. The van der Waals surface area contributed by atoms with Gasteiger partial charge in [-0.1, -0.05) is 18.2 Å². The maximum Gasteiger partial charge on any atom is 0.258 e. The van der Waals surface area contributed by atoms with Gasteiger partial charge in [0.1, 0.15) is 12.3 Å². The number of aromatic nitrogens is 1. The molecule has 5 heteroatoms. The first-order chi connectivity index (χ1) is 12.7. The molecule has 0 spiro atoms. The first-order valence-corrected chi connectivity index (χ1v) is 8.73. The van der Waals surface area contributed by atoms with E-state index in [2.05, 4.69) is 6.07 Å². The Kier molecular flexibility index (Phi) is 4.21. The van der Waals surface area contributed by atoms with Crippen molar-refractivity contribution >= 4 is 22.4 Å². The SMILES string of the molecule is COc1ccc2c(=O)n(CC(=O)N3CCCc4ccccc43)ccc2c1. The van der Waals surface area contributed by atoms with E-state index in [0.717, 1.165) is 23.9 Å². The number of hydrogen-bond donors (Lipinski definition) is 0. The first kappa shape index (κ1) is 16.4. The highest BCUT2D eigenvalue weighted by Crippen LogP contribution is 2.27. The van der Waals surface area contributed by atoms with Crippen LogP contribution < -0.4 is 15.2 Å². The van der Waals surface area contributed by atoms with Gasteiger partial charge >= 0.3 is 0 Å². The molecule has 0 aliphatic carbocycles. The van der Waals surface area contributed by atoms with E-state index in [4.69, 9.17) is 4.74 Å². The van der Waals surface area contributed by atoms with Gasteiger partial charge in [-0.2, -0.15) is 0 Å². The average molecular weight is 348 g/mol. The van der Waals surface area contributed by atoms with Gasteiger partial charge in [0.15, 0.2) is 0 Å². The fourth-order valence-electron chi connectivity index (χ4n) is 3.54. The van der Waals surface area contributed by atoms with Crippen LogP contribution in [0.3, 0.4) is 0 Å². The zero-order valence-corrected chi connectivity index (χ0v) is 14.6. The van der Waals surface area contributed by atoms with Crippen LogP contribution >= 0.6 is 0 Å². The van der Waals surface area contributed by atoms with Crippen LogP contribution in [0.2, 0.25) is 0 Å². The maximum absolute atomic E-state index is 12.9. The number of carbonyl (C=O) groups excluding carboxylic acids is 1. The average Bonchev–Trinajstić information content (AvgIpc) is 2.69. The second kappa shape index (κ2) is 6.67. The van der Waals surface area contributed by atoms with Crippen LogP contribution in [0.4, 0.5) is 5.69 Å². The number of amides is 1. The Labute approximate surface area is 151 Å². The molecule has 0 saturated carbocycles. The van der Waals surface area contributed by atoms with Crippen LogP contribution in [-0.4, -0.2) is 24.1 Å². The second-order valence-electron chi connectivity index (χ2n) is 6.48. The summed E-state index contributed by atoms with van der Waals surface area (Å²) in [6.45, 7) is 0.727. The molecule has 0 radical (unpaired) electrons. The largest absolute Gasteiger partial charge is 0.497 e. The maximum atomic E-state index is 12.9. The molecule has 0 unspecified atom stereocenters. The van der Waals surface area contributed by atoms with Crippen LogP contribution in [-0.2, 0) is 17.8 Å². The van der Waals surface area contributed by atoms with Gasteiger partial charge in [0.2, 0.25) is 5.91 Å². The Hall–Kier alpha value is -3.08. The summed E-state index contributed by atoms with van der Waals surface area (Å²) >= 11 is 0. The highest BCUT2D eigenvalue weighted by Gasteiger charge is 2.22. The lowest BCUT2D eigenvalue weighted by atomic mass is 10.0. The van der Waals surface area contributed by atoms with Crippen molar-refractivity contribution in [3.63, 3.8) is 0 Å². The first-order valence-electron chi connectivity index (χ1n) is 8.73. The van der Waals surface area contributed by atoms with Crippen molar-refractivity contribution < 1.29 is 9.53 Å². The number of anilines is 1. The summed E-state index contributed by atoms with van der Waals surface area (Å²) in [5.41, 5.74) is 1.98. The number of fused-ring (bicyclic) bond motifs is 2. The molecule has 132 valence electrons. The molecule has 0 atom stereocenters. The van der Waals surface area contributed by atoms with Crippen molar-refractivity contribution in [1.29, 1.82) is 0 Å². The smallest absolute Gasteiger partial charge is 0.258 e. The highest BCUT2D eigenvalue weighted by atomic mass is 16.5. The molecule has 1 amide bonds. The normalized spacial score (nSPS) is 13.5. The minimum atomic E-state index is -0.163. The Bertz CT molecular complexity index is 1040. The number of rotatable bonds is 3. The topological polar surface area (TPSA) is 51.5 Å². The number of benzene rings is 2. The number of methoxy groups -OCH3 is 1. The number of hydrogen-bond acceptors (Lipinski definition) is 3. The quantitative estimate of drug-likeness (QED) is 0.731. The molecule has 5 nitrogen and oxygen atoms in total. The number of ether oxygens (including phenoxy) is 1. The fourth-order valence-corrected chi connectivity index (χ4v) is 3.54. The van der Waals surface area contributed by atoms with Crippen molar-refractivity contribution in [1.82, 2.24) is 4.57 Å². The monoisotopic (exact) mass is 348 g/mol. The van der Waals surface area contributed by atoms with E-state index in [1.807, 2.05) is 30.3 Å². The highest BCUT2D eigenvalue weighted by molar-refractivity contribution is 5.94. The van der Waals surface area contributed by atoms with Gasteiger partial charge in [-0.05, 0) is 54.1 Å². The van der Waals surface area contributed by atoms with Crippen LogP contribution in [0.25, 0.3) is 10.8 Å². The molecular formula is C21H20N2O3. The van der Waals surface area contributed by atoms with E-state index in [1.54, 1.807) is 30.3 Å². The molecule has 0 bridgehead atoms. The Morgan fingerprint density at radius 3 is 2.85 bits per heavy atom. The van der Waals surface area contributed by atoms with E-state index >= 15 is 0 Å². The number of para-hydroxylation sites is 1. The van der Waals surface area contributed by atoms with Crippen LogP contribution in [0.1, 0.15) is 12.0 Å². The third-order valence-electron chi connectivity index (χ3n) is 4.90. The molecule has 2 aromatic carbocycles. The van der Waals surface area contributed by atoms with Gasteiger partial charge in [-0.25, -0.2) is 0 Å². The predicted molar refractivity (Wildman–Crippen MR) is 102 cm³/mol. The van der Waals surface area contributed by atoms with E-state index in [-0.39, 0.29) is 18.0 Å². The van der Waals surface area contributed by atoms with Crippen molar-refractivity contribution in [2.24, 2.45) is 0 Å². The number of carbonyl (C=O) groups is 1. The lowest BCUT2D eigenvalue weighted by molar-refractivity contribution is -0.119. The van der Waals surface area contributed by atoms with Crippen molar-refractivity contribution in [3.05, 3.63) is 70.6 Å². The minimum Gasteiger partial charge on any atom is -0.497 e. The van der Waals surface area contributed by atoms with Crippen LogP contribution in [0.15, 0.2) is 59.5 Å². The third kappa shape index (κ3) is 2.86. The summed E-state index contributed by atoms with van der Waals surface area (Å²) in [5, 5.41) is 1.39. The Morgan fingerprint density at radius 2 is 2.00 bits per heavy atom. The second-order valence-corrected chi connectivity index (χ2v) is 6.48. The summed E-state index contributed by atoms with van der Waals surface area (Å²) in [6.07, 6.45) is 3.60. The van der Waals surface area contributed by atoms with E-state index in [1.165, 1.54) is 10.1 Å².